The molecule has 0 atom stereocenters. The Balaban J connectivity index is 2.60. The number of piperidine rings is 1. The summed E-state index contributed by atoms with van der Waals surface area (Å²) in [5, 5.41) is 2.98. The summed E-state index contributed by atoms with van der Waals surface area (Å²) in [6.45, 7) is 2.20. The molecular weight excluding hydrogens is 238 g/mol. The number of thiocarbonyl (C=S) groups is 1. The van der Waals surface area contributed by atoms with Crippen LogP contribution in [0.4, 0.5) is 0 Å². The summed E-state index contributed by atoms with van der Waals surface area (Å²) in [6.07, 6.45) is 1.89. The number of likely N-dealkylation sites (tertiary alicyclic amines) is 1. The third-order valence-electron chi connectivity index (χ3n) is 3.22. The van der Waals surface area contributed by atoms with E-state index in [2.05, 4.69) is 17.3 Å². The van der Waals surface area contributed by atoms with Gasteiger partial charge in [-0.15, -0.1) is 0 Å². The van der Waals surface area contributed by atoms with Gasteiger partial charge in [0, 0.05) is 26.6 Å². The Bertz CT molecular complexity index is 288. The highest BCUT2D eigenvalue weighted by Crippen LogP contribution is 2.22. The van der Waals surface area contributed by atoms with Crippen molar-refractivity contribution in [2.75, 3.05) is 33.9 Å². The SMILES string of the molecule is COCCC(=O)NC1(C(N)=S)CCN(C)CC1. The van der Waals surface area contributed by atoms with E-state index in [0.29, 0.717) is 18.0 Å². The number of nitrogens with one attached hydrogen (secondary N) is 1. The van der Waals surface area contributed by atoms with Crippen LogP contribution in [0, 0.1) is 0 Å². The van der Waals surface area contributed by atoms with E-state index in [1.165, 1.54) is 0 Å². The van der Waals surface area contributed by atoms with Crippen LogP contribution in [0.25, 0.3) is 0 Å². The van der Waals surface area contributed by atoms with Crippen LogP contribution in [0.1, 0.15) is 19.3 Å². The smallest absolute Gasteiger partial charge is 0.223 e. The number of ether oxygens (including phenoxy) is 1. The molecule has 0 aromatic rings. The van der Waals surface area contributed by atoms with Crippen molar-refractivity contribution in [2.24, 2.45) is 5.73 Å². The number of carbonyl (C=O) groups is 1. The quantitative estimate of drug-likeness (QED) is 0.674. The first kappa shape index (κ1) is 14.3. The van der Waals surface area contributed by atoms with Crippen LogP contribution >= 0.6 is 12.2 Å². The van der Waals surface area contributed by atoms with E-state index < -0.39 is 5.54 Å². The van der Waals surface area contributed by atoms with Crippen molar-refractivity contribution in [2.45, 2.75) is 24.8 Å². The Labute approximate surface area is 108 Å². The molecule has 1 fully saturated rings. The Hall–Kier alpha value is -0.720. The minimum absolute atomic E-state index is 0.0517. The molecule has 0 aliphatic carbocycles. The number of nitrogens with zero attached hydrogens (tertiary/aromatic N) is 1. The van der Waals surface area contributed by atoms with Gasteiger partial charge in [0.25, 0.3) is 0 Å². The molecule has 1 rings (SSSR count). The average Bonchev–Trinajstić information content (AvgIpc) is 2.29. The molecule has 0 saturated carbocycles. The van der Waals surface area contributed by atoms with Crippen LogP contribution in [0.3, 0.4) is 0 Å². The summed E-state index contributed by atoms with van der Waals surface area (Å²) in [5.41, 5.74) is 5.28. The van der Waals surface area contributed by atoms with Gasteiger partial charge in [-0.3, -0.25) is 4.79 Å². The largest absolute Gasteiger partial charge is 0.391 e. The molecule has 98 valence electrons. The van der Waals surface area contributed by atoms with E-state index in [-0.39, 0.29) is 5.91 Å². The van der Waals surface area contributed by atoms with Crippen LogP contribution < -0.4 is 11.1 Å². The van der Waals surface area contributed by atoms with Gasteiger partial charge < -0.3 is 20.7 Å². The number of amides is 1. The lowest BCUT2D eigenvalue weighted by Crippen LogP contribution is -2.61. The molecule has 0 aromatic heterocycles. The van der Waals surface area contributed by atoms with Gasteiger partial charge in [0.05, 0.1) is 17.1 Å². The summed E-state index contributed by atoms with van der Waals surface area (Å²) in [6, 6.07) is 0. The highest BCUT2D eigenvalue weighted by Gasteiger charge is 2.37. The molecule has 5 nitrogen and oxygen atoms in total. The van der Waals surface area contributed by atoms with Crippen molar-refractivity contribution < 1.29 is 9.53 Å². The standard InChI is InChI=1S/C11H21N3O2S/c1-14-6-4-11(5-7-14,10(12)17)13-9(15)3-8-16-2/h3-8H2,1-2H3,(H2,12,17)(H,13,15). The third kappa shape index (κ3) is 3.90. The van der Waals surface area contributed by atoms with Gasteiger partial charge in [-0.2, -0.15) is 0 Å². The number of nitrogens with two attached hydrogens (primary N) is 1. The Morgan fingerprint density at radius 3 is 2.59 bits per heavy atom. The third-order valence-corrected chi connectivity index (χ3v) is 3.61. The van der Waals surface area contributed by atoms with Crippen LogP contribution in [0.15, 0.2) is 0 Å². The number of rotatable bonds is 5. The van der Waals surface area contributed by atoms with Gasteiger partial charge in [-0.1, -0.05) is 12.2 Å². The maximum atomic E-state index is 11.7. The zero-order valence-electron chi connectivity index (χ0n) is 10.5. The van der Waals surface area contributed by atoms with Crippen LogP contribution in [-0.4, -0.2) is 55.2 Å². The average molecular weight is 259 g/mol. The molecule has 0 unspecified atom stereocenters. The molecule has 1 aliphatic rings. The normalized spacial score (nSPS) is 19.9. The zero-order chi connectivity index (χ0) is 12.9. The van der Waals surface area contributed by atoms with Gasteiger partial charge in [-0.05, 0) is 19.9 Å². The monoisotopic (exact) mass is 259 g/mol. The van der Waals surface area contributed by atoms with Gasteiger partial charge in [0.1, 0.15) is 0 Å². The topological polar surface area (TPSA) is 67.6 Å². The molecule has 1 aliphatic heterocycles. The second-order valence-corrected chi connectivity index (χ2v) is 4.98. The molecule has 0 bridgehead atoms. The summed E-state index contributed by atoms with van der Waals surface area (Å²) in [7, 11) is 3.63. The lowest BCUT2D eigenvalue weighted by molar-refractivity contribution is -0.123. The Kier molecular flexibility index (Phi) is 5.30. The van der Waals surface area contributed by atoms with Crippen molar-refractivity contribution in [3.8, 4) is 0 Å². The maximum absolute atomic E-state index is 11.7. The predicted octanol–water partition coefficient (Wildman–Crippen LogP) is -0.110. The molecule has 1 saturated heterocycles. The first-order valence-corrected chi connectivity index (χ1v) is 6.19. The number of hydrogen-bond donors (Lipinski definition) is 2. The van der Waals surface area contributed by atoms with E-state index in [0.717, 1.165) is 25.9 Å². The molecule has 1 amide bonds. The van der Waals surface area contributed by atoms with E-state index in [9.17, 15) is 4.79 Å². The van der Waals surface area contributed by atoms with Gasteiger partial charge >= 0.3 is 0 Å². The molecule has 0 spiro atoms. The molecule has 17 heavy (non-hydrogen) atoms. The van der Waals surface area contributed by atoms with Crippen LogP contribution in [0.5, 0.6) is 0 Å². The summed E-state index contributed by atoms with van der Waals surface area (Å²) >= 11 is 5.11. The van der Waals surface area contributed by atoms with E-state index in [4.69, 9.17) is 22.7 Å². The second kappa shape index (κ2) is 6.28. The maximum Gasteiger partial charge on any atom is 0.223 e. The first-order chi connectivity index (χ1) is 8.00. The molecule has 0 aromatic carbocycles. The Morgan fingerprint density at radius 1 is 1.53 bits per heavy atom. The summed E-state index contributed by atoms with van der Waals surface area (Å²) in [4.78, 5) is 14.3. The number of methoxy groups -OCH3 is 1. The van der Waals surface area contributed by atoms with Gasteiger partial charge in [0.15, 0.2) is 0 Å². The number of hydrogen-bond acceptors (Lipinski definition) is 4. The Morgan fingerprint density at radius 2 is 2.12 bits per heavy atom. The van der Waals surface area contributed by atoms with Crippen LogP contribution in [-0.2, 0) is 9.53 Å². The van der Waals surface area contributed by atoms with Crippen molar-refractivity contribution in [3.05, 3.63) is 0 Å². The second-order valence-electron chi connectivity index (χ2n) is 4.54. The van der Waals surface area contributed by atoms with Crippen molar-refractivity contribution in [3.63, 3.8) is 0 Å². The van der Waals surface area contributed by atoms with E-state index >= 15 is 0 Å². The molecular formula is C11H21N3O2S. The highest BCUT2D eigenvalue weighted by molar-refractivity contribution is 7.80. The molecule has 0 radical (unpaired) electrons. The molecule has 3 N–H and O–H groups in total. The highest BCUT2D eigenvalue weighted by atomic mass is 32.1. The van der Waals surface area contributed by atoms with E-state index in [1.54, 1.807) is 7.11 Å². The summed E-state index contributed by atoms with van der Waals surface area (Å²) in [5.74, 6) is -0.0517. The lowest BCUT2D eigenvalue weighted by atomic mass is 9.87. The summed E-state index contributed by atoms with van der Waals surface area (Å²) < 4.78 is 4.88. The fraction of sp³-hybridized carbons (Fsp3) is 0.818. The van der Waals surface area contributed by atoms with Crippen molar-refractivity contribution >= 4 is 23.1 Å². The van der Waals surface area contributed by atoms with Crippen molar-refractivity contribution in [1.29, 1.82) is 0 Å². The lowest BCUT2D eigenvalue weighted by Gasteiger charge is -2.40. The van der Waals surface area contributed by atoms with Crippen LogP contribution in [0.2, 0.25) is 0 Å². The zero-order valence-corrected chi connectivity index (χ0v) is 11.3. The van der Waals surface area contributed by atoms with Crippen molar-refractivity contribution in [1.82, 2.24) is 10.2 Å². The minimum atomic E-state index is -0.507. The van der Waals surface area contributed by atoms with Gasteiger partial charge in [-0.25, -0.2) is 0 Å². The minimum Gasteiger partial charge on any atom is -0.391 e. The predicted molar refractivity (Wildman–Crippen MR) is 70.9 cm³/mol. The van der Waals surface area contributed by atoms with E-state index in [1.807, 2.05) is 0 Å². The fourth-order valence-electron chi connectivity index (χ4n) is 1.96. The fourth-order valence-corrected chi connectivity index (χ4v) is 2.21. The number of carbonyl (C=O) groups excluding carboxylic acids is 1. The molecule has 6 heteroatoms. The first-order valence-electron chi connectivity index (χ1n) is 5.78. The molecule has 1 heterocycles. The van der Waals surface area contributed by atoms with Gasteiger partial charge in [0.2, 0.25) is 5.91 Å².